The van der Waals surface area contributed by atoms with E-state index in [1.165, 1.54) is 0 Å². The van der Waals surface area contributed by atoms with Crippen molar-refractivity contribution in [2.75, 3.05) is 0 Å². The normalized spacial score (nSPS) is 13.5. The van der Waals surface area contributed by atoms with Gasteiger partial charge in [-0.1, -0.05) is 6.07 Å². The molecule has 9 nitrogen and oxygen atoms in total. The van der Waals surface area contributed by atoms with Crippen LogP contribution in [0, 0.1) is 0 Å². The summed E-state index contributed by atoms with van der Waals surface area (Å²) in [4.78, 5) is -3.01. The summed E-state index contributed by atoms with van der Waals surface area (Å²) in [6, 6.07) is 2.60. The molecule has 0 aromatic heterocycles. The van der Waals surface area contributed by atoms with E-state index in [2.05, 4.69) is 0 Å². The molecule has 0 aliphatic carbocycles. The maximum atomic E-state index is 11.3. The second-order valence-corrected chi connectivity index (χ2v) is 7.78. The Morgan fingerprint density at radius 3 is 1.22 bits per heavy atom. The third kappa shape index (κ3) is 3.04. The fourth-order valence-electron chi connectivity index (χ4n) is 1.22. The molecule has 0 saturated carbocycles. The second kappa shape index (κ2) is 4.25. The predicted molar refractivity (Wildman–Crippen MR) is 60.6 cm³/mol. The highest BCUT2D eigenvalue weighted by molar-refractivity contribution is 7.93. The molecule has 0 amide bonds. The Kier molecular flexibility index (Phi) is 3.55. The first-order valence-corrected chi connectivity index (χ1v) is 8.70. The minimum Gasteiger partial charge on any atom is -0.225 e. The Balaban J connectivity index is 4.04. The van der Waals surface area contributed by atoms with Crippen LogP contribution in [0.25, 0.3) is 0 Å². The van der Waals surface area contributed by atoms with Gasteiger partial charge in [-0.05, 0) is 12.1 Å². The van der Waals surface area contributed by atoms with E-state index >= 15 is 0 Å². The van der Waals surface area contributed by atoms with Gasteiger partial charge in [0.25, 0.3) is 0 Å². The minimum atomic E-state index is -4.65. The van der Waals surface area contributed by atoms with E-state index in [9.17, 15) is 25.3 Å². The van der Waals surface area contributed by atoms with Gasteiger partial charge in [0.2, 0.25) is 30.1 Å². The number of rotatable bonds is 3. The molecule has 0 aliphatic rings. The van der Waals surface area contributed by atoms with Crippen molar-refractivity contribution in [3.8, 4) is 0 Å². The third-order valence-electron chi connectivity index (χ3n) is 1.84. The number of benzene rings is 1. The SMILES string of the molecule is NS(=O)(=O)c1cccc(S(N)(=O)=O)c1S(N)(=O)=O. The first kappa shape index (κ1) is 15.0. The summed E-state index contributed by atoms with van der Waals surface area (Å²) in [6.07, 6.45) is 0. The van der Waals surface area contributed by atoms with E-state index in [1.54, 1.807) is 0 Å². The fraction of sp³-hybridized carbons (Fsp3) is 0. The van der Waals surface area contributed by atoms with E-state index in [4.69, 9.17) is 15.4 Å². The molecule has 0 saturated heterocycles. The molecular formula is C6H9N3O6S3. The summed E-state index contributed by atoms with van der Waals surface area (Å²) in [7, 11) is -13.6. The van der Waals surface area contributed by atoms with Crippen molar-refractivity contribution < 1.29 is 25.3 Å². The first-order chi connectivity index (χ1) is 7.85. The largest absolute Gasteiger partial charge is 0.240 e. The molecule has 0 heterocycles. The molecule has 1 rings (SSSR count). The molecule has 0 spiro atoms. The zero-order chi connectivity index (χ0) is 14.4. The summed E-state index contributed by atoms with van der Waals surface area (Å²) >= 11 is 0. The van der Waals surface area contributed by atoms with Crippen molar-refractivity contribution in [2.45, 2.75) is 14.7 Å². The van der Waals surface area contributed by atoms with Gasteiger partial charge in [0, 0.05) is 0 Å². The molecular weight excluding hydrogens is 306 g/mol. The Morgan fingerprint density at radius 1 is 0.667 bits per heavy atom. The van der Waals surface area contributed by atoms with Crippen molar-refractivity contribution in [1.82, 2.24) is 0 Å². The van der Waals surface area contributed by atoms with Crippen LogP contribution < -0.4 is 15.4 Å². The smallest absolute Gasteiger partial charge is 0.225 e. The van der Waals surface area contributed by atoms with Crippen molar-refractivity contribution in [1.29, 1.82) is 0 Å². The van der Waals surface area contributed by atoms with Gasteiger partial charge in [0.05, 0.1) is 0 Å². The van der Waals surface area contributed by atoms with Gasteiger partial charge in [-0.3, -0.25) is 0 Å². The van der Waals surface area contributed by atoms with E-state index in [0.29, 0.717) is 0 Å². The Hall–Kier alpha value is -1.05. The molecule has 0 unspecified atom stereocenters. The molecule has 0 fully saturated rings. The molecule has 1 aromatic carbocycles. The molecule has 0 atom stereocenters. The summed E-state index contributed by atoms with van der Waals surface area (Å²) < 4.78 is 67.4. The Labute approximate surface area is 104 Å². The van der Waals surface area contributed by atoms with Crippen LogP contribution in [0.4, 0.5) is 0 Å². The lowest BCUT2D eigenvalue weighted by atomic mass is 10.4. The minimum absolute atomic E-state index is 0.809. The highest BCUT2D eigenvalue weighted by Gasteiger charge is 2.29. The number of hydrogen-bond donors (Lipinski definition) is 3. The van der Waals surface area contributed by atoms with Crippen LogP contribution >= 0.6 is 0 Å². The molecule has 0 radical (unpaired) electrons. The number of nitrogens with two attached hydrogens (primary N) is 3. The first-order valence-electron chi connectivity index (χ1n) is 4.06. The topological polar surface area (TPSA) is 180 Å². The quantitative estimate of drug-likeness (QED) is 0.560. The van der Waals surface area contributed by atoms with Crippen LogP contribution in [0.3, 0.4) is 0 Å². The van der Waals surface area contributed by atoms with Crippen LogP contribution in [0.15, 0.2) is 32.9 Å². The van der Waals surface area contributed by atoms with Crippen LogP contribution in [-0.2, 0) is 30.1 Å². The van der Waals surface area contributed by atoms with Crippen molar-refractivity contribution in [3.05, 3.63) is 18.2 Å². The molecule has 18 heavy (non-hydrogen) atoms. The van der Waals surface area contributed by atoms with Gasteiger partial charge < -0.3 is 0 Å². The lowest BCUT2D eigenvalue weighted by Crippen LogP contribution is -2.25. The number of primary sulfonamides is 3. The molecule has 102 valence electrons. The van der Waals surface area contributed by atoms with E-state index in [0.717, 1.165) is 18.2 Å². The van der Waals surface area contributed by atoms with E-state index in [-0.39, 0.29) is 0 Å². The summed E-state index contributed by atoms with van der Waals surface area (Å²) in [6.45, 7) is 0. The predicted octanol–water partition coefficient (Wildman–Crippen LogP) is -2.37. The third-order valence-corrected chi connectivity index (χ3v) is 5.01. The zero-order valence-corrected chi connectivity index (χ0v) is 11.1. The number of hydrogen-bond acceptors (Lipinski definition) is 6. The van der Waals surface area contributed by atoms with Gasteiger partial charge >= 0.3 is 0 Å². The molecule has 0 aliphatic heterocycles. The van der Waals surface area contributed by atoms with Crippen LogP contribution in [0.1, 0.15) is 0 Å². The van der Waals surface area contributed by atoms with Crippen LogP contribution in [0.5, 0.6) is 0 Å². The molecule has 6 N–H and O–H groups in total. The summed E-state index contributed by atoms with van der Waals surface area (Å²) in [5.74, 6) is 0. The van der Waals surface area contributed by atoms with Crippen molar-refractivity contribution >= 4 is 30.1 Å². The van der Waals surface area contributed by atoms with Crippen LogP contribution in [0.2, 0.25) is 0 Å². The van der Waals surface area contributed by atoms with Gasteiger partial charge in [0.1, 0.15) is 14.7 Å². The number of sulfonamides is 3. The monoisotopic (exact) mass is 315 g/mol. The zero-order valence-electron chi connectivity index (χ0n) is 8.64. The fourth-order valence-corrected chi connectivity index (χ4v) is 4.65. The van der Waals surface area contributed by atoms with Crippen LogP contribution in [-0.4, -0.2) is 25.3 Å². The summed E-state index contributed by atoms with van der Waals surface area (Å²) in [5.41, 5.74) is 0. The Bertz CT molecular complexity index is 743. The highest BCUT2D eigenvalue weighted by atomic mass is 32.2. The van der Waals surface area contributed by atoms with Gasteiger partial charge in [-0.2, -0.15) is 0 Å². The molecule has 0 bridgehead atoms. The standard InChI is InChI=1S/C6H9N3O6S3/c7-16(10,11)4-2-1-3-5(17(8,12)13)6(4)18(9,14)15/h1-3H,(H2,7,10,11)(H2,8,12,13)(H2,9,14,15). The lowest BCUT2D eigenvalue weighted by Gasteiger charge is -2.09. The van der Waals surface area contributed by atoms with Gasteiger partial charge in [-0.15, -0.1) is 0 Å². The average molecular weight is 315 g/mol. The van der Waals surface area contributed by atoms with E-state index < -0.39 is 44.8 Å². The average Bonchev–Trinajstić information content (AvgIpc) is 2.12. The van der Waals surface area contributed by atoms with Gasteiger partial charge in [-0.25, -0.2) is 40.7 Å². The Morgan fingerprint density at radius 2 is 1.00 bits per heavy atom. The highest BCUT2D eigenvalue weighted by Crippen LogP contribution is 2.25. The lowest BCUT2D eigenvalue weighted by molar-refractivity contribution is 0.575. The second-order valence-electron chi connectivity index (χ2n) is 3.22. The maximum absolute atomic E-state index is 11.3. The molecule has 1 aromatic rings. The van der Waals surface area contributed by atoms with Gasteiger partial charge in [0.15, 0.2) is 0 Å². The van der Waals surface area contributed by atoms with Crippen molar-refractivity contribution in [2.24, 2.45) is 15.4 Å². The summed E-state index contributed by atoms with van der Waals surface area (Å²) in [5, 5.41) is 14.4. The van der Waals surface area contributed by atoms with E-state index in [1.807, 2.05) is 0 Å². The molecule has 12 heteroatoms. The maximum Gasteiger partial charge on any atom is 0.240 e. The van der Waals surface area contributed by atoms with Crippen molar-refractivity contribution in [3.63, 3.8) is 0 Å².